The normalized spacial score (nSPS) is 11.7. The Morgan fingerprint density at radius 3 is 2.38 bits per heavy atom. The van der Waals surface area contributed by atoms with Crippen molar-refractivity contribution in [3.63, 3.8) is 0 Å². The third-order valence-corrected chi connectivity index (χ3v) is 4.93. The minimum Gasteiger partial charge on any atom is -0.726 e. The molecule has 26 heavy (non-hydrogen) atoms. The minimum atomic E-state index is -4.41. The highest BCUT2D eigenvalue weighted by molar-refractivity contribution is 7.80. The second-order valence-corrected chi connectivity index (χ2v) is 7.32. The third kappa shape index (κ3) is 3.29. The van der Waals surface area contributed by atoms with Crippen molar-refractivity contribution in [2.45, 2.75) is 13.8 Å². The zero-order valence-electron chi connectivity index (χ0n) is 15.0. The van der Waals surface area contributed by atoms with Crippen LogP contribution in [0.15, 0.2) is 42.5 Å². The lowest BCUT2D eigenvalue weighted by Crippen LogP contribution is -2.30. The fourth-order valence-electron chi connectivity index (χ4n) is 3.26. The number of hydrogen-bond donors (Lipinski definition) is 1. The van der Waals surface area contributed by atoms with Crippen molar-refractivity contribution in [1.29, 1.82) is 0 Å². The molecule has 0 atom stereocenters. The summed E-state index contributed by atoms with van der Waals surface area (Å²) in [6.07, 6.45) is 0. The molecule has 0 saturated heterocycles. The summed E-state index contributed by atoms with van der Waals surface area (Å²) < 4.78 is 33.3. The quantitative estimate of drug-likeness (QED) is 0.316. The van der Waals surface area contributed by atoms with E-state index in [9.17, 15) is 13.0 Å². The number of nitrogens with one attached hydrogen (secondary N) is 1. The number of pyridine rings is 1. The third-order valence-electron chi connectivity index (χ3n) is 4.52. The van der Waals surface area contributed by atoms with Gasteiger partial charge in [-0.15, -0.1) is 0 Å². The van der Waals surface area contributed by atoms with E-state index in [2.05, 4.69) is 77.1 Å². The Bertz CT molecular complexity index is 1230. The predicted octanol–water partition coefficient (Wildman–Crippen LogP) is 3.01. The second-order valence-electron chi connectivity index (χ2n) is 6.17. The van der Waals surface area contributed by atoms with Gasteiger partial charge >= 0.3 is 0 Å². The fraction of sp³-hybridized carbons (Fsp3) is 0.211. The molecule has 6 nitrogen and oxygen atoms in total. The standard InChI is InChI=1S/C18H16N2.CH4O4S/c1-11-8-9-16-14(10-11)12(2)17-13-6-4-5-7-15(13)19-18(17)20(16)3;1-5-6(2,3)4/h4-10H,1-3H3;1H3,(H,2,3,4). The Hall–Kier alpha value is -2.48. The fourth-order valence-corrected chi connectivity index (χ4v) is 3.26. The van der Waals surface area contributed by atoms with Gasteiger partial charge in [0.1, 0.15) is 11.0 Å². The summed E-state index contributed by atoms with van der Waals surface area (Å²) in [5, 5.41) is 3.98. The summed E-state index contributed by atoms with van der Waals surface area (Å²) in [5.74, 6) is 0. The van der Waals surface area contributed by atoms with E-state index in [1.54, 1.807) is 0 Å². The van der Waals surface area contributed by atoms with Crippen molar-refractivity contribution in [3.05, 3.63) is 53.6 Å². The lowest BCUT2D eigenvalue weighted by Gasteiger charge is -2.06. The molecule has 0 aliphatic heterocycles. The number of hydrogen-bond acceptors (Lipinski definition) is 4. The lowest BCUT2D eigenvalue weighted by atomic mass is 10.0. The van der Waals surface area contributed by atoms with Crippen LogP contribution in [0.25, 0.3) is 32.8 Å². The maximum atomic E-state index is 9.22. The van der Waals surface area contributed by atoms with E-state index in [1.165, 1.54) is 44.0 Å². The summed E-state index contributed by atoms with van der Waals surface area (Å²) in [7, 11) is -1.47. The van der Waals surface area contributed by atoms with E-state index in [-0.39, 0.29) is 0 Å². The van der Waals surface area contributed by atoms with Crippen LogP contribution in [0.2, 0.25) is 0 Å². The van der Waals surface area contributed by atoms with Crippen LogP contribution in [0.5, 0.6) is 0 Å². The Kier molecular flexibility index (Phi) is 4.70. The van der Waals surface area contributed by atoms with Crippen LogP contribution in [0.4, 0.5) is 0 Å². The molecule has 1 N–H and O–H groups in total. The molecule has 0 radical (unpaired) electrons. The van der Waals surface area contributed by atoms with Crippen molar-refractivity contribution in [3.8, 4) is 0 Å². The Labute approximate surface area is 152 Å². The molecular formula is C19H20N2O4S. The molecule has 0 amide bonds. The second kappa shape index (κ2) is 6.68. The number of aromatic amines is 1. The first-order valence-electron chi connectivity index (χ1n) is 8.03. The van der Waals surface area contributed by atoms with E-state index in [1.807, 2.05) is 0 Å². The first-order valence-corrected chi connectivity index (χ1v) is 9.37. The van der Waals surface area contributed by atoms with Gasteiger partial charge in [0.15, 0.2) is 0 Å². The molecule has 4 aromatic rings. The number of H-pyrrole nitrogens is 1. The van der Waals surface area contributed by atoms with Gasteiger partial charge in [-0.3, -0.25) is 4.18 Å². The molecular weight excluding hydrogens is 352 g/mol. The first kappa shape index (κ1) is 18.3. The SMILES string of the molecule is COS(=O)(=O)[O-].Cc1ccc2c(c1)c(C)c1c3ccccc3[nH]c1[n+]2C. The molecule has 2 aromatic heterocycles. The number of aryl methyl sites for hydroxylation is 3. The maximum Gasteiger partial charge on any atom is 0.288 e. The molecule has 4 rings (SSSR count). The lowest BCUT2D eigenvalue weighted by molar-refractivity contribution is -0.619. The average molecular weight is 372 g/mol. The van der Waals surface area contributed by atoms with Gasteiger partial charge in [-0.05, 0) is 43.7 Å². The molecule has 0 fully saturated rings. The number of nitrogens with zero attached hydrogens (tertiary/aromatic N) is 1. The molecule has 0 spiro atoms. The van der Waals surface area contributed by atoms with E-state index in [0.717, 1.165) is 7.11 Å². The van der Waals surface area contributed by atoms with Crippen LogP contribution >= 0.6 is 0 Å². The number of rotatable bonds is 1. The highest BCUT2D eigenvalue weighted by Crippen LogP contribution is 2.30. The molecule has 0 unspecified atom stereocenters. The largest absolute Gasteiger partial charge is 0.726 e. The van der Waals surface area contributed by atoms with Gasteiger partial charge in [-0.2, -0.15) is 0 Å². The molecule has 0 aliphatic rings. The van der Waals surface area contributed by atoms with Gasteiger partial charge in [0.25, 0.3) is 5.65 Å². The Morgan fingerprint density at radius 2 is 1.73 bits per heavy atom. The summed E-state index contributed by atoms with van der Waals surface area (Å²) in [5.41, 5.74) is 6.33. The van der Waals surface area contributed by atoms with Crippen molar-refractivity contribution in [1.82, 2.24) is 4.98 Å². The summed E-state index contributed by atoms with van der Waals surface area (Å²) in [6, 6.07) is 15.2. The van der Waals surface area contributed by atoms with Gasteiger partial charge in [0.05, 0.1) is 19.5 Å². The molecule has 0 bridgehead atoms. The Morgan fingerprint density at radius 1 is 1.08 bits per heavy atom. The van der Waals surface area contributed by atoms with Crippen molar-refractivity contribution >= 4 is 43.2 Å². The maximum absolute atomic E-state index is 9.22. The monoisotopic (exact) mass is 372 g/mol. The van der Waals surface area contributed by atoms with Crippen LogP contribution < -0.4 is 4.57 Å². The van der Waals surface area contributed by atoms with Crippen LogP contribution in [-0.2, 0) is 21.6 Å². The summed E-state index contributed by atoms with van der Waals surface area (Å²) in [4.78, 5) is 3.56. The van der Waals surface area contributed by atoms with E-state index in [0.29, 0.717) is 0 Å². The van der Waals surface area contributed by atoms with Gasteiger partial charge in [-0.1, -0.05) is 23.8 Å². The molecule has 2 heterocycles. The van der Waals surface area contributed by atoms with Crippen LogP contribution in [-0.4, -0.2) is 25.1 Å². The average Bonchev–Trinajstić information content (AvgIpc) is 2.99. The van der Waals surface area contributed by atoms with Gasteiger partial charge in [0, 0.05) is 10.8 Å². The van der Waals surface area contributed by atoms with Gasteiger partial charge < -0.3 is 4.55 Å². The summed E-state index contributed by atoms with van der Waals surface area (Å²) >= 11 is 0. The number of aromatic nitrogens is 2. The van der Waals surface area contributed by atoms with Crippen molar-refractivity contribution < 1.29 is 21.7 Å². The predicted molar refractivity (Wildman–Crippen MR) is 101 cm³/mol. The Balaban J connectivity index is 0.000000286. The molecule has 136 valence electrons. The van der Waals surface area contributed by atoms with Crippen LogP contribution in [0.1, 0.15) is 11.1 Å². The summed E-state index contributed by atoms with van der Waals surface area (Å²) in [6.45, 7) is 4.38. The molecule has 0 aliphatic carbocycles. The molecule has 0 saturated carbocycles. The van der Waals surface area contributed by atoms with E-state index in [4.69, 9.17) is 0 Å². The first-order chi connectivity index (χ1) is 12.2. The molecule has 7 heteroatoms. The number of para-hydroxylation sites is 1. The highest BCUT2D eigenvalue weighted by atomic mass is 32.3. The van der Waals surface area contributed by atoms with Crippen LogP contribution in [0, 0.1) is 13.8 Å². The molecule has 2 aromatic carbocycles. The van der Waals surface area contributed by atoms with Crippen molar-refractivity contribution in [2.75, 3.05) is 7.11 Å². The zero-order chi connectivity index (χ0) is 19.1. The van der Waals surface area contributed by atoms with E-state index >= 15 is 0 Å². The smallest absolute Gasteiger partial charge is 0.288 e. The number of fused-ring (bicyclic) bond motifs is 4. The van der Waals surface area contributed by atoms with Gasteiger partial charge in [-0.25, -0.2) is 18.0 Å². The minimum absolute atomic E-state index is 0.808. The van der Waals surface area contributed by atoms with E-state index < -0.39 is 10.4 Å². The van der Waals surface area contributed by atoms with Gasteiger partial charge in [0.2, 0.25) is 10.4 Å². The number of benzene rings is 2. The topological polar surface area (TPSA) is 86.1 Å². The highest BCUT2D eigenvalue weighted by Gasteiger charge is 2.19. The zero-order valence-corrected chi connectivity index (χ0v) is 15.8. The van der Waals surface area contributed by atoms with Crippen LogP contribution in [0.3, 0.4) is 0 Å². The van der Waals surface area contributed by atoms with Crippen molar-refractivity contribution in [2.24, 2.45) is 7.05 Å².